The molecule has 0 aliphatic rings. The summed E-state index contributed by atoms with van der Waals surface area (Å²) in [5.41, 5.74) is 5.36. The summed E-state index contributed by atoms with van der Waals surface area (Å²) in [6.45, 7) is 3.92. The third-order valence-electron chi connectivity index (χ3n) is 4.86. The molecule has 6 nitrogen and oxygen atoms in total. The van der Waals surface area contributed by atoms with Gasteiger partial charge in [0.2, 0.25) is 0 Å². The van der Waals surface area contributed by atoms with Crippen molar-refractivity contribution in [2.75, 3.05) is 6.26 Å². The molecule has 0 aliphatic heterocycles. The summed E-state index contributed by atoms with van der Waals surface area (Å²) >= 11 is 0. The number of hydrogen-bond acceptors (Lipinski definition) is 4. The summed E-state index contributed by atoms with van der Waals surface area (Å²) < 4.78 is 25.6. The summed E-state index contributed by atoms with van der Waals surface area (Å²) in [6, 6.07) is 11.1. The van der Waals surface area contributed by atoms with Crippen LogP contribution < -0.4 is 0 Å². The number of aryl methyl sites for hydroxylation is 2. The van der Waals surface area contributed by atoms with Gasteiger partial charge in [0, 0.05) is 23.4 Å². The molecule has 2 aromatic carbocycles. The lowest BCUT2D eigenvalue weighted by molar-refractivity contribution is 0.593. The van der Waals surface area contributed by atoms with Crippen molar-refractivity contribution >= 4 is 31.8 Å². The second kappa shape index (κ2) is 5.96. The number of sulfone groups is 1. The molecule has 4 rings (SSSR count). The van der Waals surface area contributed by atoms with E-state index < -0.39 is 15.1 Å². The minimum absolute atomic E-state index is 0.358. The first-order chi connectivity index (χ1) is 12.8. The average Bonchev–Trinajstić information content (AvgIpc) is 3.23. The van der Waals surface area contributed by atoms with E-state index in [9.17, 15) is 8.42 Å². The summed E-state index contributed by atoms with van der Waals surface area (Å²) in [6.07, 6.45) is 3.04. The zero-order valence-corrected chi connectivity index (χ0v) is 16.0. The van der Waals surface area contributed by atoms with Crippen molar-refractivity contribution in [3.8, 4) is 6.07 Å². The van der Waals surface area contributed by atoms with Crippen LogP contribution >= 0.6 is 0 Å². The van der Waals surface area contributed by atoms with Crippen molar-refractivity contribution in [3.63, 3.8) is 0 Å². The van der Waals surface area contributed by atoms with Crippen molar-refractivity contribution in [3.05, 3.63) is 64.6 Å². The fraction of sp³-hybridized carbons (Fsp3) is 0.200. The van der Waals surface area contributed by atoms with Crippen LogP contribution in [0.15, 0.2) is 36.5 Å². The molecule has 0 saturated carbocycles. The van der Waals surface area contributed by atoms with E-state index in [1.165, 1.54) is 6.26 Å². The molecule has 4 aromatic rings. The van der Waals surface area contributed by atoms with Crippen LogP contribution in [0.2, 0.25) is 0 Å². The van der Waals surface area contributed by atoms with Crippen LogP contribution in [-0.2, 0) is 9.84 Å². The molecule has 2 heterocycles. The maximum absolute atomic E-state index is 12.8. The summed E-state index contributed by atoms with van der Waals surface area (Å²) in [5, 5.41) is 9.04. The molecule has 136 valence electrons. The van der Waals surface area contributed by atoms with Gasteiger partial charge in [-0.05, 0) is 54.8 Å². The largest absolute Gasteiger partial charge is 0.361 e. The van der Waals surface area contributed by atoms with Crippen LogP contribution in [0.3, 0.4) is 0 Å². The number of imidazole rings is 1. The fourth-order valence-corrected chi connectivity index (χ4v) is 4.99. The van der Waals surface area contributed by atoms with Gasteiger partial charge >= 0.3 is 0 Å². The maximum atomic E-state index is 12.8. The maximum Gasteiger partial charge on any atom is 0.161 e. The molecule has 0 bridgehead atoms. The standard InChI is InChI=1S/C20H18N4O2S/c1-11-8-12(2)18-14(6-7-22-18)17(11)19(27(3,25)26)20-23-15-5-4-13(10-21)9-16(15)24-20/h4-9,19,22H,1-3H3,(H,23,24). The molecule has 7 heteroatoms. The van der Waals surface area contributed by atoms with E-state index in [1.807, 2.05) is 32.2 Å². The molecule has 0 amide bonds. The van der Waals surface area contributed by atoms with E-state index in [1.54, 1.807) is 18.2 Å². The second-order valence-corrected chi connectivity index (χ2v) is 9.00. The molecule has 2 N–H and O–H groups in total. The van der Waals surface area contributed by atoms with Crippen LogP contribution in [0.25, 0.3) is 21.9 Å². The van der Waals surface area contributed by atoms with Gasteiger partial charge in [-0.2, -0.15) is 5.26 Å². The fourth-order valence-electron chi connectivity index (χ4n) is 3.73. The molecule has 0 spiro atoms. The van der Waals surface area contributed by atoms with Gasteiger partial charge in [-0.25, -0.2) is 13.4 Å². The molecular weight excluding hydrogens is 360 g/mol. The topological polar surface area (TPSA) is 102 Å². The Labute approximate surface area is 156 Å². The second-order valence-electron chi connectivity index (χ2n) is 6.87. The van der Waals surface area contributed by atoms with Crippen molar-refractivity contribution in [1.82, 2.24) is 15.0 Å². The van der Waals surface area contributed by atoms with Gasteiger partial charge in [0.05, 0.1) is 22.7 Å². The lowest BCUT2D eigenvalue weighted by atomic mass is 9.97. The van der Waals surface area contributed by atoms with Gasteiger partial charge in [0.1, 0.15) is 11.1 Å². The Hall–Kier alpha value is -3.11. The highest BCUT2D eigenvalue weighted by atomic mass is 32.2. The number of nitrogens with one attached hydrogen (secondary N) is 2. The van der Waals surface area contributed by atoms with E-state index in [0.717, 1.165) is 27.6 Å². The molecular formula is C20H18N4O2S. The Bertz CT molecular complexity index is 1340. The molecule has 27 heavy (non-hydrogen) atoms. The van der Waals surface area contributed by atoms with E-state index >= 15 is 0 Å². The number of nitrogens with zero attached hydrogens (tertiary/aromatic N) is 2. The van der Waals surface area contributed by atoms with E-state index in [-0.39, 0.29) is 0 Å². The van der Waals surface area contributed by atoms with E-state index in [2.05, 4.69) is 21.0 Å². The van der Waals surface area contributed by atoms with Crippen molar-refractivity contribution in [2.45, 2.75) is 19.1 Å². The highest BCUT2D eigenvalue weighted by Gasteiger charge is 2.31. The number of nitriles is 1. The Morgan fingerprint density at radius 2 is 1.93 bits per heavy atom. The predicted octanol–water partition coefficient (Wildman–Crippen LogP) is 3.67. The number of aromatic nitrogens is 3. The van der Waals surface area contributed by atoms with E-state index in [4.69, 9.17) is 5.26 Å². The van der Waals surface area contributed by atoms with Crippen LogP contribution in [0.4, 0.5) is 0 Å². The monoisotopic (exact) mass is 378 g/mol. The van der Waals surface area contributed by atoms with Gasteiger partial charge < -0.3 is 9.97 Å². The first-order valence-corrected chi connectivity index (χ1v) is 10.4. The van der Waals surface area contributed by atoms with Gasteiger partial charge in [0.15, 0.2) is 9.84 Å². The minimum atomic E-state index is -3.51. The number of fused-ring (bicyclic) bond motifs is 2. The third kappa shape index (κ3) is 2.78. The van der Waals surface area contributed by atoms with Gasteiger partial charge in [-0.1, -0.05) is 6.07 Å². The van der Waals surface area contributed by atoms with Gasteiger partial charge in [-0.15, -0.1) is 0 Å². The highest BCUT2D eigenvalue weighted by Crippen LogP contribution is 2.37. The van der Waals surface area contributed by atoms with Crippen LogP contribution in [0.5, 0.6) is 0 Å². The third-order valence-corrected chi connectivity index (χ3v) is 6.17. The summed E-state index contributed by atoms with van der Waals surface area (Å²) in [7, 11) is -3.51. The Kier molecular flexibility index (Phi) is 3.82. The van der Waals surface area contributed by atoms with Crippen LogP contribution in [-0.4, -0.2) is 29.6 Å². The number of H-pyrrole nitrogens is 2. The average molecular weight is 378 g/mol. The minimum Gasteiger partial charge on any atom is -0.361 e. The van der Waals surface area contributed by atoms with Crippen LogP contribution in [0, 0.1) is 25.2 Å². The molecule has 0 radical (unpaired) electrons. The zero-order valence-electron chi connectivity index (χ0n) is 15.2. The Balaban J connectivity index is 2.03. The number of benzene rings is 2. The Morgan fingerprint density at radius 1 is 1.15 bits per heavy atom. The molecule has 0 aliphatic carbocycles. The zero-order chi connectivity index (χ0) is 19.3. The summed E-state index contributed by atoms with van der Waals surface area (Å²) in [5.74, 6) is 0.358. The molecule has 0 fully saturated rings. The Morgan fingerprint density at radius 3 is 2.63 bits per heavy atom. The van der Waals surface area contributed by atoms with E-state index in [0.29, 0.717) is 22.4 Å². The van der Waals surface area contributed by atoms with Crippen LogP contribution in [0.1, 0.15) is 33.3 Å². The molecule has 0 saturated heterocycles. The molecule has 1 atom stereocenters. The summed E-state index contributed by atoms with van der Waals surface area (Å²) in [4.78, 5) is 10.9. The normalized spacial score (nSPS) is 13.1. The van der Waals surface area contributed by atoms with Gasteiger partial charge in [0.25, 0.3) is 0 Å². The quantitative estimate of drug-likeness (QED) is 0.568. The smallest absolute Gasteiger partial charge is 0.161 e. The number of aromatic amines is 2. The van der Waals surface area contributed by atoms with Crippen molar-refractivity contribution < 1.29 is 8.42 Å². The molecule has 2 aromatic heterocycles. The van der Waals surface area contributed by atoms with Gasteiger partial charge in [-0.3, -0.25) is 0 Å². The van der Waals surface area contributed by atoms with Crippen molar-refractivity contribution in [1.29, 1.82) is 5.26 Å². The first-order valence-electron chi connectivity index (χ1n) is 8.45. The highest BCUT2D eigenvalue weighted by molar-refractivity contribution is 7.91. The predicted molar refractivity (Wildman–Crippen MR) is 105 cm³/mol. The lowest BCUT2D eigenvalue weighted by Crippen LogP contribution is -2.16. The molecule has 1 unspecified atom stereocenters. The SMILES string of the molecule is Cc1cc(C)c2[nH]ccc2c1C(c1nc2cc(C#N)ccc2[nH]1)S(C)(=O)=O. The van der Waals surface area contributed by atoms with Crippen molar-refractivity contribution in [2.24, 2.45) is 0 Å². The number of rotatable bonds is 3. The lowest BCUT2D eigenvalue weighted by Gasteiger charge is -2.18. The number of hydrogen-bond donors (Lipinski definition) is 2. The first kappa shape index (κ1) is 17.3.